The Kier molecular flexibility index (Phi) is 6.32. The normalized spacial score (nSPS) is 10.5. The number of aromatic nitrogens is 2. The summed E-state index contributed by atoms with van der Waals surface area (Å²) in [5.74, 6) is 0.624. The Morgan fingerprint density at radius 1 is 0.964 bits per heavy atom. The van der Waals surface area contributed by atoms with Gasteiger partial charge in [-0.2, -0.15) is 0 Å². The van der Waals surface area contributed by atoms with Gasteiger partial charge in [-0.05, 0) is 43.5 Å². The lowest BCUT2D eigenvalue weighted by molar-refractivity contribution is 0.0945. The fraction of sp³-hybridized carbons (Fsp3) is 0.227. The minimum absolute atomic E-state index is 0.243. The average Bonchev–Trinajstić information content (AvgIpc) is 2.68. The third-order valence-electron chi connectivity index (χ3n) is 4.28. The second-order valence-corrected chi connectivity index (χ2v) is 6.66. The monoisotopic (exact) mass is 378 g/mol. The number of rotatable bonds is 7. The average molecular weight is 378 g/mol. The zero-order chi connectivity index (χ0) is 19.9. The summed E-state index contributed by atoms with van der Waals surface area (Å²) in [6.45, 7) is 4.83. The van der Waals surface area contributed by atoms with Crippen molar-refractivity contribution in [3.8, 4) is 0 Å². The summed E-state index contributed by atoms with van der Waals surface area (Å²) in [5, 5.41) is 6.08. The summed E-state index contributed by atoms with van der Waals surface area (Å²) in [6, 6.07) is 16.0. The van der Waals surface area contributed by atoms with Gasteiger partial charge in [0.05, 0.1) is 0 Å². The van der Waals surface area contributed by atoms with E-state index in [4.69, 9.17) is 0 Å². The molecule has 0 atom stereocenters. The van der Waals surface area contributed by atoms with Crippen LogP contribution in [0.4, 0.5) is 10.2 Å². The Morgan fingerprint density at radius 3 is 2.36 bits per heavy atom. The van der Waals surface area contributed by atoms with E-state index >= 15 is 0 Å². The molecular weight excluding hydrogens is 355 g/mol. The molecule has 3 rings (SSSR count). The topological polar surface area (TPSA) is 66.9 Å². The minimum Gasteiger partial charge on any atom is -0.370 e. The van der Waals surface area contributed by atoms with Crippen LogP contribution in [0.3, 0.4) is 0 Å². The number of hydrogen-bond donors (Lipinski definition) is 2. The van der Waals surface area contributed by atoms with Crippen molar-refractivity contribution in [2.24, 2.45) is 0 Å². The Balaban J connectivity index is 1.57. The molecule has 0 aliphatic rings. The molecule has 0 bridgehead atoms. The molecule has 6 heteroatoms. The molecule has 0 aliphatic heterocycles. The molecule has 1 aromatic heterocycles. The van der Waals surface area contributed by atoms with Gasteiger partial charge in [0, 0.05) is 19.2 Å². The molecule has 0 radical (unpaired) electrons. The van der Waals surface area contributed by atoms with E-state index in [0.717, 1.165) is 17.5 Å². The third kappa shape index (κ3) is 5.61. The van der Waals surface area contributed by atoms with Crippen LogP contribution in [-0.2, 0) is 13.0 Å². The van der Waals surface area contributed by atoms with Crippen molar-refractivity contribution in [1.82, 2.24) is 15.3 Å². The van der Waals surface area contributed by atoms with Crippen molar-refractivity contribution in [2.75, 3.05) is 11.9 Å². The standard InChI is InChI=1S/C22H23FN4O/c1-15-3-5-18(6-4-15)14-25-22(28)20-13-21(27-16(2)26-20)24-12-11-17-7-9-19(23)10-8-17/h3-10,13H,11-12,14H2,1-2H3,(H,25,28)(H,24,26,27). The number of hydrogen-bond acceptors (Lipinski definition) is 4. The summed E-state index contributed by atoms with van der Waals surface area (Å²) in [6.07, 6.45) is 0.721. The molecule has 0 fully saturated rings. The molecule has 144 valence electrons. The quantitative estimate of drug-likeness (QED) is 0.656. The maximum Gasteiger partial charge on any atom is 0.270 e. The van der Waals surface area contributed by atoms with Gasteiger partial charge in [0.1, 0.15) is 23.2 Å². The number of aryl methyl sites for hydroxylation is 2. The van der Waals surface area contributed by atoms with Gasteiger partial charge in [-0.15, -0.1) is 0 Å². The first kappa shape index (κ1) is 19.5. The van der Waals surface area contributed by atoms with Crippen molar-refractivity contribution in [3.63, 3.8) is 0 Å². The fourth-order valence-corrected chi connectivity index (χ4v) is 2.74. The number of amides is 1. The van der Waals surface area contributed by atoms with E-state index < -0.39 is 0 Å². The zero-order valence-electron chi connectivity index (χ0n) is 16.0. The van der Waals surface area contributed by atoms with Crippen molar-refractivity contribution in [3.05, 3.63) is 88.6 Å². The molecule has 0 saturated heterocycles. The van der Waals surface area contributed by atoms with E-state index in [0.29, 0.717) is 30.4 Å². The molecular formula is C22H23FN4O. The smallest absolute Gasteiger partial charge is 0.270 e. The molecule has 1 heterocycles. The van der Waals surface area contributed by atoms with E-state index in [1.165, 1.54) is 17.7 Å². The van der Waals surface area contributed by atoms with Crippen LogP contribution in [0.25, 0.3) is 0 Å². The van der Waals surface area contributed by atoms with Gasteiger partial charge in [-0.3, -0.25) is 4.79 Å². The number of carbonyl (C=O) groups is 1. The number of anilines is 1. The van der Waals surface area contributed by atoms with E-state index in [2.05, 4.69) is 20.6 Å². The second-order valence-electron chi connectivity index (χ2n) is 6.66. The van der Waals surface area contributed by atoms with Crippen LogP contribution >= 0.6 is 0 Å². The number of nitrogens with one attached hydrogen (secondary N) is 2. The highest BCUT2D eigenvalue weighted by atomic mass is 19.1. The molecule has 0 aliphatic carbocycles. The largest absolute Gasteiger partial charge is 0.370 e. The van der Waals surface area contributed by atoms with Gasteiger partial charge in [-0.1, -0.05) is 42.0 Å². The summed E-state index contributed by atoms with van der Waals surface area (Å²) < 4.78 is 13.0. The number of benzene rings is 2. The molecule has 1 amide bonds. The minimum atomic E-state index is -0.246. The Morgan fingerprint density at radius 2 is 1.64 bits per heavy atom. The maximum absolute atomic E-state index is 13.0. The first-order chi connectivity index (χ1) is 13.5. The summed E-state index contributed by atoms with van der Waals surface area (Å²) in [5.41, 5.74) is 3.56. The Bertz CT molecular complexity index is 940. The van der Waals surface area contributed by atoms with E-state index in [1.807, 2.05) is 31.2 Å². The molecule has 2 N–H and O–H groups in total. The number of halogens is 1. The van der Waals surface area contributed by atoms with Crippen molar-refractivity contribution in [1.29, 1.82) is 0 Å². The van der Waals surface area contributed by atoms with Gasteiger partial charge in [0.15, 0.2) is 0 Å². The fourth-order valence-electron chi connectivity index (χ4n) is 2.74. The van der Waals surface area contributed by atoms with E-state index in [1.54, 1.807) is 25.1 Å². The maximum atomic E-state index is 13.0. The Hall–Kier alpha value is -3.28. The van der Waals surface area contributed by atoms with Crippen LogP contribution in [0.2, 0.25) is 0 Å². The third-order valence-corrected chi connectivity index (χ3v) is 4.28. The first-order valence-corrected chi connectivity index (χ1v) is 9.17. The van der Waals surface area contributed by atoms with Crippen LogP contribution in [0.1, 0.15) is 33.0 Å². The predicted molar refractivity (Wildman–Crippen MR) is 108 cm³/mol. The second kappa shape index (κ2) is 9.08. The lowest BCUT2D eigenvalue weighted by Crippen LogP contribution is -2.24. The molecule has 28 heavy (non-hydrogen) atoms. The van der Waals surface area contributed by atoms with Gasteiger partial charge in [-0.25, -0.2) is 14.4 Å². The SMILES string of the molecule is Cc1ccc(CNC(=O)c2cc(NCCc3ccc(F)cc3)nc(C)n2)cc1. The summed E-state index contributed by atoms with van der Waals surface area (Å²) in [4.78, 5) is 21.0. The van der Waals surface area contributed by atoms with Gasteiger partial charge < -0.3 is 10.6 Å². The molecule has 2 aromatic carbocycles. The molecule has 3 aromatic rings. The highest BCUT2D eigenvalue weighted by molar-refractivity contribution is 5.92. The van der Waals surface area contributed by atoms with Crippen LogP contribution in [0.5, 0.6) is 0 Å². The van der Waals surface area contributed by atoms with Crippen LogP contribution in [-0.4, -0.2) is 22.4 Å². The highest BCUT2D eigenvalue weighted by Gasteiger charge is 2.10. The zero-order valence-corrected chi connectivity index (χ0v) is 16.0. The van der Waals surface area contributed by atoms with Crippen LogP contribution in [0, 0.1) is 19.7 Å². The van der Waals surface area contributed by atoms with Gasteiger partial charge >= 0.3 is 0 Å². The molecule has 0 saturated carbocycles. The number of nitrogens with zero attached hydrogens (tertiary/aromatic N) is 2. The Labute approximate surface area is 164 Å². The molecule has 0 spiro atoms. The first-order valence-electron chi connectivity index (χ1n) is 9.17. The molecule has 0 unspecified atom stereocenters. The van der Waals surface area contributed by atoms with Crippen LogP contribution in [0.15, 0.2) is 54.6 Å². The van der Waals surface area contributed by atoms with E-state index in [9.17, 15) is 9.18 Å². The lowest BCUT2D eigenvalue weighted by atomic mass is 10.1. The lowest BCUT2D eigenvalue weighted by Gasteiger charge is -2.09. The predicted octanol–water partition coefficient (Wildman–Crippen LogP) is 3.82. The summed E-state index contributed by atoms with van der Waals surface area (Å²) >= 11 is 0. The van der Waals surface area contributed by atoms with Crippen molar-refractivity contribution in [2.45, 2.75) is 26.8 Å². The summed E-state index contributed by atoms with van der Waals surface area (Å²) in [7, 11) is 0. The van der Waals surface area contributed by atoms with Crippen LogP contribution < -0.4 is 10.6 Å². The van der Waals surface area contributed by atoms with Crippen molar-refractivity contribution >= 4 is 11.7 Å². The van der Waals surface area contributed by atoms with Crippen molar-refractivity contribution < 1.29 is 9.18 Å². The molecule has 5 nitrogen and oxygen atoms in total. The van der Waals surface area contributed by atoms with Gasteiger partial charge in [0.2, 0.25) is 0 Å². The highest BCUT2D eigenvalue weighted by Crippen LogP contribution is 2.09. The van der Waals surface area contributed by atoms with Gasteiger partial charge in [0.25, 0.3) is 5.91 Å². The van der Waals surface area contributed by atoms with E-state index in [-0.39, 0.29) is 11.7 Å². The number of carbonyl (C=O) groups excluding carboxylic acids is 1.